The second-order valence-electron chi connectivity index (χ2n) is 5.03. The minimum absolute atomic E-state index is 0. The molecule has 3 aromatic heterocycles. The third kappa shape index (κ3) is 9.12. The van der Waals surface area contributed by atoms with E-state index in [1.165, 1.54) is 0 Å². The molecule has 3 rings (SSSR count). The standard InChI is InChI=1S/C18H17N4.C2H6.CH3.K/c1-4-10-19-16(7-1)13-22(14-17-8-2-5-11-20-17)15-18-9-3-6-12-21-18;1-2;;/h1-2,4-12H,13-15H2;1-2H3;1H3;/q-1;;-1;+1. The van der Waals surface area contributed by atoms with Crippen LogP contribution in [0.3, 0.4) is 0 Å². The first-order valence-corrected chi connectivity index (χ1v) is 8.23. The second-order valence-corrected chi connectivity index (χ2v) is 5.03. The SMILES string of the molecule is CC.[CH3-].[K+].[c-]1ccnc(CN(Cc2ccccn2)Cc2ccccn2)c1. The molecule has 3 aromatic rings. The van der Waals surface area contributed by atoms with Gasteiger partial charge in [0.05, 0.1) is 11.4 Å². The predicted molar refractivity (Wildman–Crippen MR) is 102 cm³/mol. The molecule has 0 spiro atoms. The maximum atomic E-state index is 4.41. The van der Waals surface area contributed by atoms with Crippen molar-refractivity contribution in [3.63, 3.8) is 0 Å². The molecule has 3 heterocycles. The summed E-state index contributed by atoms with van der Waals surface area (Å²) in [7, 11) is 0. The summed E-state index contributed by atoms with van der Waals surface area (Å²) in [6.07, 6.45) is 5.42. The zero-order valence-corrected chi connectivity index (χ0v) is 19.4. The van der Waals surface area contributed by atoms with E-state index in [9.17, 15) is 0 Å². The van der Waals surface area contributed by atoms with Crippen molar-refractivity contribution >= 4 is 0 Å². The van der Waals surface area contributed by atoms with Gasteiger partial charge in [0.2, 0.25) is 0 Å². The van der Waals surface area contributed by atoms with Crippen LogP contribution in [0.1, 0.15) is 30.9 Å². The Balaban J connectivity index is 0.00000151. The maximum absolute atomic E-state index is 4.41. The predicted octanol–water partition coefficient (Wildman–Crippen LogP) is 1.35. The van der Waals surface area contributed by atoms with Crippen LogP contribution >= 0.6 is 0 Å². The number of hydrogen-bond acceptors (Lipinski definition) is 4. The van der Waals surface area contributed by atoms with E-state index in [0.717, 1.165) is 36.7 Å². The Hall–Kier alpha value is -0.954. The van der Waals surface area contributed by atoms with Crippen molar-refractivity contribution in [3.05, 3.63) is 97.7 Å². The molecule has 0 saturated heterocycles. The molecular formula is C21H26KN4-. The number of aromatic nitrogens is 3. The van der Waals surface area contributed by atoms with Crippen LogP contribution in [-0.4, -0.2) is 19.9 Å². The molecular weight excluding hydrogens is 347 g/mol. The fourth-order valence-electron chi connectivity index (χ4n) is 2.28. The van der Waals surface area contributed by atoms with Crippen molar-refractivity contribution in [1.82, 2.24) is 19.9 Å². The Labute approximate surface area is 200 Å². The van der Waals surface area contributed by atoms with Crippen LogP contribution in [-0.2, 0) is 19.6 Å². The molecule has 5 heteroatoms. The zero-order chi connectivity index (χ0) is 17.0. The third-order valence-electron chi connectivity index (χ3n) is 3.27. The van der Waals surface area contributed by atoms with Crippen molar-refractivity contribution in [3.8, 4) is 0 Å². The van der Waals surface area contributed by atoms with Gasteiger partial charge in [-0.15, -0.1) is 0 Å². The molecule has 4 nitrogen and oxygen atoms in total. The molecule has 0 aliphatic carbocycles. The minimum atomic E-state index is 0. The first-order chi connectivity index (χ1) is 11.9. The van der Waals surface area contributed by atoms with Crippen LogP contribution < -0.4 is 51.4 Å². The van der Waals surface area contributed by atoms with Gasteiger partial charge in [-0.3, -0.25) is 14.9 Å². The average molecular weight is 374 g/mol. The molecule has 0 saturated carbocycles. The van der Waals surface area contributed by atoms with Gasteiger partial charge in [0.15, 0.2) is 0 Å². The summed E-state index contributed by atoms with van der Waals surface area (Å²) >= 11 is 0. The van der Waals surface area contributed by atoms with Crippen LogP contribution in [0.4, 0.5) is 0 Å². The van der Waals surface area contributed by atoms with Crippen LogP contribution in [0.15, 0.2) is 67.1 Å². The van der Waals surface area contributed by atoms with Crippen LogP contribution in [0.2, 0.25) is 0 Å². The molecule has 0 N–H and O–H groups in total. The van der Waals surface area contributed by atoms with Crippen molar-refractivity contribution in [1.29, 1.82) is 0 Å². The van der Waals surface area contributed by atoms with Crippen molar-refractivity contribution < 1.29 is 51.4 Å². The summed E-state index contributed by atoms with van der Waals surface area (Å²) in [6.45, 7) is 6.26. The van der Waals surface area contributed by atoms with E-state index in [2.05, 4.69) is 25.9 Å². The smallest absolute Gasteiger partial charge is 0.386 e. The van der Waals surface area contributed by atoms with Gasteiger partial charge in [-0.2, -0.15) is 18.2 Å². The topological polar surface area (TPSA) is 41.9 Å². The molecule has 0 aliphatic rings. The maximum Gasteiger partial charge on any atom is 1.00 e. The van der Waals surface area contributed by atoms with Crippen LogP contribution in [0, 0.1) is 13.5 Å². The molecule has 0 aromatic carbocycles. The summed E-state index contributed by atoms with van der Waals surface area (Å²) in [5.41, 5.74) is 3.08. The first-order valence-electron chi connectivity index (χ1n) is 8.23. The number of rotatable bonds is 6. The van der Waals surface area contributed by atoms with Crippen molar-refractivity contribution in [2.24, 2.45) is 0 Å². The van der Waals surface area contributed by atoms with E-state index in [-0.39, 0.29) is 58.8 Å². The van der Waals surface area contributed by atoms with E-state index >= 15 is 0 Å². The molecule has 132 valence electrons. The van der Waals surface area contributed by atoms with Gasteiger partial charge in [0, 0.05) is 25.5 Å². The Kier molecular flexibility index (Phi) is 14.6. The molecule has 0 aliphatic heterocycles. The second kappa shape index (κ2) is 15.1. The number of hydrogen-bond donors (Lipinski definition) is 0. The van der Waals surface area contributed by atoms with E-state index in [1.54, 1.807) is 6.20 Å². The summed E-state index contributed by atoms with van der Waals surface area (Å²) in [5, 5.41) is 0. The molecule has 0 amide bonds. The average Bonchev–Trinajstić information content (AvgIpc) is 2.66. The first kappa shape index (κ1) is 25.0. The minimum Gasteiger partial charge on any atom is -0.386 e. The Morgan fingerprint density at radius 2 is 1.27 bits per heavy atom. The summed E-state index contributed by atoms with van der Waals surface area (Å²) in [6, 6.07) is 18.8. The van der Waals surface area contributed by atoms with E-state index in [4.69, 9.17) is 0 Å². The molecule has 0 radical (unpaired) electrons. The van der Waals surface area contributed by atoms with Gasteiger partial charge in [0.1, 0.15) is 0 Å². The van der Waals surface area contributed by atoms with Crippen molar-refractivity contribution in [2.45, 2.75) is 33.5 Å². The van der Waals surface area contributed by atoms with Gasteiger partial charge in [0.25, 0.3) is 0 Å². The quantitative estimate of drug-likeness (QED) is 0.483. The molecule has 0 bridgehead atoms. The molecule has 26 heavy (non-hydrogen) atoms. The molecule has 0 unspecified atom stereocenters. The van der Waals surface area contributed by atoms with E-state index in [1.807, 2.05) is 74.8 Å². The molecule has 0 atom stereocenters. The Morgan fingerprint density at radius 1 is 0.769 bits per heavy atom. The third-order valence-corrected chi connectivity index (χ3v) is 3.27. The number of nitrogens with zero attached hydrogens (tertiary/aromatic N) is 4. The van der Waals surface area contributed by atoms with Gasteiger partial charge in [-0.25, -0.2) is 0 Å². The van der Waals surface area contributed by atoms with E-state index in [0.29, 0.717) is 0 Å². The summed E-state index contributed by atoms with van der Waals surface area (Å²) in [5.74, 6) is 0. The fourth-order valence-corrected chi connectivity index (χ4v) is 2.28. The van der Waals surface area contributed by atoms with Gasteiger partial charge < -0.3 is 12.4 Å². The van der Waals surface area contributed by atoms with Crippen LogP contribution in [0.25, 0.3) is 0 Å². The molecule has 0 fully saturated rings. The Bertz CT molecular complexity index is 579. The monoisotopic (exact) mass is 373 g/mol. The zero-order valence-electron chi connectivity index (χ0n) is 16.3. The van der Waals surface area contributed by atoms with Crippen molar-refractivity contribution in [2.75, 3.05) is 0 Å². The normalized spacial score (nSPS) is 9.35. The Morgan fingerprint density at radius 3 is 1.69 bits per heavy atom. The van der Waals surface area contributed by atoms with Crippen LogP contribution in [0.5, 0.6) is 0 Å². The summed E-state index contributed by atoms with van der Waals surface area (Å²) < 4.78 is 0. The van der Waals surface area contributed by atoms with Gasteiger partial charge in [-0.05, 0) is 30.8 Å². The van der Waals surface area contributed by atoms with Gasteiger partial charge >= 0.3 is 51.4 Å². The number of pyridine rings is 3. The largest absolute Gasteiger partial charge is 1.00 e. The van der Waals surface area contributed by atoms with E-state index < -0.39 is 0 Å². The fraction of sp³-hybridized carbons (Fsp3) is 0.238. The summed E-state index contributed by atoms with van der Waals surface area (Å²) in [4.78, 5) is 15.5. The van der Waals surface area contributed by atoms with Gasteiger partial charge in [-0.1, -0.05) is 37.9 Å².